The number of nitrogens with zero attached hydrogens (tertiary/aromatic N) is 3. The van der Waals surface area contributed by atoms with E-state index in [0.717, 1.165) is 16.9 Å². The zero-order valence-electron chi connectivity index (χ0n) is 25.5. The summed E-state index contributed by atoms with van der Waals surface area (Å²) in [6, 6.07) is 15.8. The zero-order chi connectivity index (χ0) is 33.0. The molecule has 0 bridgehead atoms. The van der Waals surface area contributed by atoms with E-state index < -0.39 is 22.5 Å². The summed E-state index contributed by atoms with van der Waals surface area (Å²) in [7, 11) is 1.42. The lowest BCUT2D eigenvalue weighted by Crippen LogP contribution is -2.35. The highest BCUT2D eigenvalue weighted by Crippen LogP contribution is 2.38. The summed E-state index contributed by atoms with van der Waals surface area (Å²) in [5, 5.41) is 22.4. The summed E-state index contributed by atoms with van der Waals surface area (Å²) in [5.41, 5.74) is 1.16. The third-order valence-electron chi connectivity index (χ3n) is 7.17. The van der Waals surface area contributed by atoms with Crippen LogP contribution in [0.1, 0.15) is 43.5 Å². The summed E-state index contributed by atoms with van der Waals surface area (Å²) in [6.07, 6.45) is 1.40. The number of hydrogen-bond acceptors (Lipinski definition) is 11. The maximum absolute atomic E-state index is 13.8. The summed E-state index contributed by atoms with van der Waals surface area (Å²) >= 11 is 1.02. The molecule has 5 rings (SSSR count). The van der Waals surface area contributed by atoms with E-state index in [0.29, 0.717) is 17.9 Å². The second kappa shape index (κ2) is 13.7. The molecule has 1 aliphatic rings. The average molecular weight is 646 g/mol. The van der Waals surface area contributed by atoms with E-state index in [1.165, 1.54) is 36.0 Å². The van der Waals surface area contributed by atoms with Gasteiger partial charge in [0.2, 0.25) is 0 Å². The van der Waals surface area contributed by atoms with Gasteiger partial charge in [-0.2, -0.15) is 0 Å². The molecule has 13 heteroatoms. The van der Waals surface area contributed by atoms with E-state index in [1.54, 1.807) is 32.9 Å². The first-order valence-corrected chi connectivity index (χ1v) is 15.2. The van der Waals surface area contributed by atoms with Crippen LogP contribution in [-0.2, 0) is 16.1 Å². The highest BCUT2D eigenvalue weighted by molar-refractivity contribution is 7.07. The van der Waals surface area contributed by atoms with Gasteiger partial charge in [0, 0.05) is 5.70 Å². The minimum atomic E-state index is -0.875. The van der Waals surface area contributed by atoms with Crippen LogP contribution in [0, 0.1) is 10.1 Å². The van der Waals surface area contributed by atoms with Crippen molar-refractivity contribution in [2.24, 2.45) is 4.99 Å². The Labute approximate surface area is 267 Å². The van der Waals surface area contributed by atoms with Crippen molar-refractivity contribution in [2.75, 3.05) is 20.3 Å². The van der Waals surface area contributed by atoms with Gasteiger partial charge in [-0.25, -0.2) is 9.79 Å². The van der Waals surface area contributed by atoms with E-state index in [1.807, 2.05) is 30.3 Å². The molecule has 238 valence electrons. The first kappa shape index (κ1) is 32.0. The van der Waals surface area contributed by atoms with Crippen LogP contribution >= 0.6 is 11.3 Å². The van der Waals surface area contributed by atoms with Crippen molar-refractivity contribution in [3.8, 4) is 23.0 Å². The molecule has 0 saturated heterocycles. The number of rotatable bonds is 11. The SMILES string of the molecule is CCOC(=O)C1=C(C)n2c(s/c(=C\c3cc(OC)c(OCc4ccccc4)cc3[N+](=O)[O-])c2=O)=N[C@H]1c1ccc(O)c(OCC)c1. The maximum atomic E-state index is 13.8. The van der Waals surface area contributed by atoms with Crippen LogP contribution in [0.15, 0.2) is 76.0 Å². The lowest BCUT2D eigenvalue weighted by molar-refractivity contribution is -0.385. The van der Waals surface area contributed by atoms with Crippen molar-refractivity contribution < 1.29 is 33.8 Å². The van der Waals surface area contributed by atoms with E-state index in [9.17, 15) is 24.8 Å². The van der Waals surface area contributed by atoms with Gasteiger partial charge in [0.1, 0.15) is 12.6 Å². The second-order valence-corrected chi connectivity index (χ2v) is 11.0. The molecule has 12 nitrogen and oxygen atoms in total. The Bertz CT molecular complexity index is 2020. The van der Waals surface area contributed by atoms with Crippen LogP contribution < -0.4 is 29.1 Å². The molecule has 0 spiro atoms. The number of allylic oxidation sites excluding steroid dienone is 1. The van der Waals surface area contributed by atoms with Gasteiger partial charge < -0.3 is 24.1 Å². The van der Waals surface area contributed by atoms with Gasteiger partial charge in [-0.3, -0.25) is 19.5 Å². The van der Waals surface area contributed by atoms with Crippen molar-refractivity contribution in [2.45, 2.75) is 33.4 Å². The van der Waals surface area contributed by atoms with Gasteiger partial charge >= 0.3 is 5.97 Å². The molecule has 3 aromatic carbocycles. The minimum absolute atomic E-state index is 0.0711. The van der Waals surface area contributed by atoms with Crippen molar-refractivity contribution in [1.82, 2.24) is 4.57 Å². The number of phenols is 1. The summed E-state index contributed by atoms with van der Waals surface area (Å²) < 4.78 is 23.6. The standard InChI is InChI=1S/C33H31N3O9S/c1-5-43-25-14-21(12-13-24(25)37)30-29(32(39)44-6-2)19(3)35-31(38)28(46-33(35)34-30)16-22-15-26(42-4)27(17-23(22)36(40)41)45-18-20-10-8-7-9-11-20/h7-17,30,37H,5-6,18H2,1-4H3/b28-16-/t30-/m0/s1. The number of hydrogen-bond donors (Lipinski definition) is 1. The van der Waals surface area contributed by atoms with E-state index in [-0.39, 0.29) is 62.4 Å². The topological polar surface area (TPSA) is 152 Å². The maximum Gasteiger partial charge on any atom is 0.338 e. The summed E-state index contributed by atoms with van der Waals surface area (Å²) in [6.45, 7) is 5.64. The zero-order valence-corrected chi connectivity index (χ0v) is 26.3. The van der Waals surface area contributed by atoms with Crippen LogP contribution in [0.3, 0.4) is 0 Å². The van der Waals surface area contributed by atoms with Crippen molar-refractivity contribution in [1.29, 1.82) is 0 Å². The quantitative estimate of drug-likeness (QED) is 0.141. The van der Waals surface area contributed by atoms with Crippen LogP contribution in [0.25, 0.3) is 11.8 Å². The number of phenolic OH excluding ortho intramolecular Hbond substituents is 1. The van der Waals surface area contributed by atoms with E-state index in [2.05, 4.69) is 0 Å². The van der Waals surface area contributed by atoms with Crippen LogP contribution in [-0.4, -0.2) is 40.9 Å². The Kier molecular flexibility index (Phi) is 9.52. The third-order valence-corrected chi connectivity index (χ3v) is 8.16. The van der Waals surface area contributed by atoms with Gasteiger partial charge in [0.05, 0.1) is 47.0 Å². The molecule has 0 fully saturated rings. The molecule has 4 aromatic rings. The Morgan fingerprint density at radius 3 is 2.50 bits per heavy atom. The Balaban J connectivity index is 1.65. The van der Waals surface area contributed by atoms with E-state index >= 15 is 0 Å². The van der Waals surface area contributed by atoms with Crippen molar-refractivity contribution in [3.05, 3.63) is 113 Å². The first-order chi connectivity index (χ1) is 22.2. The second-order valence-electron chi connectivity index (χ2n) is 10.0. The smallest absolute Gasteiger partial charge is 0.338 e. The molecule has 2 heterocycles. The number of thiazole rings is 1. The van der Waals surface area contributed by atoms with Gasteiger partial charge in [0.15, 0.2) is 27.8 Å². The molecule has 0 aliphatic carbocycles. The minimum Gasteiger partial charge on any atom is -0.504 e. The summed E-state index contributed by atoms with van der Waals surface area (Å²) in [4.78, 5) is 43.6. The Morgan fingerprint density at radius 2 is 1.83 bits per heavy atom. The highest BCUT2D eigenvalue weighted by atomic mass is 32.1. The number of benzene rings is 3. The number of esters is 1. The molecule has 0 saturated carbocycles. The fraction of sp³-hybridized carbons (Fsp3) is 0.242. The molecular weight excluding hydrogens is 614 g/mol. The molecule has 0 unspecified atom stereocenters. The molecular formula is C33H31N3O9S. The van der Waals surface area contributed by atoms with Crippen LogP contribution in [0.2, 0.25) is 0 Å². The summed E-state index contributed by atoms with van der Waals surface area (Å²) in [5.74, 6) is -0.0825. The van der Waals surface area contributed by atoms with Gasteiger partial charge in [0.25, 0.3) is 11.2 Å². The van der Waals surface area contributed by atoms with E-state index in [4.69, 9.17) is 23.9 Å². The number of ether oxygens (including phenoxy) is 4. The predicted octanol–water partition coefficient (Wildman–Crippen LogP) is 4.51. The Morgan fingerprint density at radius 1 is 1.07 bits per heavy atom. The lowest BCUT2D eigenvalue weighted by atomic mass is 9.96. The molecule has 1 N–H and O–H groups in total. The number of methoxy groups -OCH3 is 1. The number of nitro benzene ring substituents is 1. The number of nitro groups is 1. The van der Waals surface area contributed by atoms with Gasteiger partial charge in [-0.1, -0.05) is 47.7 Å². The lowest BCUT2D eigenvalue weighted by Gasteiger charge is -2.22. The number of aromatic nitrogens is 1. The molecule has 46 heavy (non-hydrogen) atoms. The number of carbonyl (C=O) groups excluding carboxylic acids is 1. The third kappa shape index (κ3) is 6.35. The molecule has 1 atom stereocenters. The van der Waals surface area contributed by atoms with Crippen LogP contribution in [0.5, 0.6) is 23.0 Å². The molecule has 1 aliphatic heterocycles. The highest BCUT2D eigenvalue weighted by Gasteiger charge is 2.32. The van der Waals surface area contributed by atoms with Crippen LogP contribution in [0.4, 0.5) is 5.69 Å². The molecule has 0 radical (unpaired) electrons. The monoisotopic (exact) mass is 645 g/mol. The number of carbonyl (C=O) groups is 1. The average Bonchev–Trinajstić information content (AvgIpc) is 3.36. The predicted molar refractivity (Wildman–Crippen MR) is 171 cm³/mol. The largest absolute Gasteiger partial charge is 0.504 e. The van der Waals surface area contributed by atoms with Gasteiger partial charge in [-0.05, 0) is 56.2 Å². The normalized spacial score (nSPS) is 14.3. The fourth-order valence-corrected chi connectivity index (χ4v) is 6.05. The fourth-order valence-electron chi connectivity index (χ4n) is 5.02. The van der Waals surface area contributed by atoms with Crippen molar-refractivity contribution >= 4 is 34.8 Å². The van der Waals surface area contributed by atoms with Crippen molar-refractivity contribution in [3.63, 3.8) is 0 Å². The number of aromatic hydroxyl groups is 1. The number of fused-ring (bicyclic) bond motifs is 1. The Hall–Kier alpha value is -5.43. The first-order valence-electron chi connectivity index (χ1n) is 14.3. The molecule has 1 aromatic heterocycles. The van der Waals surface area contributed by atoms with Gasteiger partial charge in [-0.15, -0.1) is 0 Å². The molecule has 0 amide bonds.